The third-order valence-corrected chi connectivity index (χ3v) is 7.62. The van der Waals surface area contributed by atoms with Crippen molar-refractivity contribution in [2.45, 2.75) is 32.2 Å². The number of halogens is 1. The van der Waals surface area contributed by atoms with Crippen LogP contribution in [0.3, 0.4) is 0 Å². The fourth-order valence-corrected chi connectivity index (χ4v) is 5.40. The molecule has 0 radical (unpaired) electrons. The summed E-state index contributed by atoms with van der Waals surface area (Å²) in [5, 5.41) is 2.64. The van der Waals surface area contributed by atoms with Gasteiger partial charge < -0.3 is 14.5 Å². The van der Waals surface area contributed by atoms with E-state index in [1.807, 2.05) is 71.9 Å². The summed E-state index contributed by atoms with van der Waals surface area (Å²) >= 11 is 7.62. The fraction of sp³-hybridized carbons (Fsp3) is 0.357. The lowest BCUT2D eigenvalue weighted by Crippen LogP contribution is -2.51. The number of hydrogen-bond donors (Lipinski definition) is 0. The number of ether oxygens (including phenoxy) is 1. The minimum Gasteiger partial charge on any atom is -0.493 e. The molecule has 1 atom stereocenters. The van der Waals surface area contributed by atoms with E-state index < -0.39 is 5.41 Å². The number of carbonyl (C=O) groups excluding carboxylic acids is 2. The molecular formula is C28H31ClN2O3S. The van der Waals surface area contributed by atoms with Gasteiger partial charge in [-0.25, -0.2) is 0 Å². The first kappa shape index (κ1) is 25.3. The van der Waals surface area contributed by atoms with E-state index in [-0.39, 0.29) is 11.8 Å². The molecule has 0 spiro atoms. The SMILES string of the molecule is CN(Cc1ccccc1)C(=O)CC1(COc2ccc(Cl)cc2)CCCN(C(=O)Cc2cccs2)C1. The number of carbonyl (C=O) groups is 2. The van der Waals surface area contributed by atoms with Crippen LogP contribution >= 0.6 is 22.9 Å². The molecule has 1 fully saturated rings. The highest BCUT2D eigenvalue weighted by molar-refractivity contribution is 7.10. The average molecular weight is 511 g/mol. The van der Waals surface area contributed by atoms with Crippen molar-refractivity contribution in [2.24, 2.45) is 5.41 Å². The van der Waals surface area contributed by atoms with Gasteiger partial charge in [-0.3, -0.25) is 9.59 Å². The van der Waals surface area contributed by atoms with E-state index >= 15 is 0 Å². The Morgan fingerprint density at radius 1 is 1.09 bits per heavy atom. The maximum absolute atomic E-state index is 13.4. The van der Waals surface area contributed by atoms with Crippen LogP contribution in [0.15, 0.2) is 72.1 Å². The van der Waals surface area contributed by atoms with Crippen molar-refractivity contribution in [1.82, 2.24) is 9.80 Å². The summed E-state index contributed by atoms with van der Waals surface area (Å²) in [5.41, 5.74) is 0.636. The van der Waals surface area contributed by atoms with Crippen molar-refractivity contribution in [3.63, 3.8) is 0 Å². The smallest absolute Gasteiger partial charge is 0.227 e. The van der Waals surface area contributed by atoms with Crippen molar-refractivity contribution < 1.29 is 14.3 Å². The van der Waals surface area contributed by atoms with Gasteiger partial charge in [-0.05, 0) is 54.1 Å². The van der Waals surface area contributed by atoms with E-state index in [2.05, 4.69) is 0 Å². The highest BCUT2D eigenvalue weighted by atomic mass is 35.5. The van der Waals surface area contributed by atoms with Gasteiger partial charge in [-0.1, -0.05) is 48.0 Å². The molecule has 1 aliphatic rings. The summed E-state index contributed by atoms with van der Waals surface area (Å²) in [6.07, 6.45) is 2.39. The third kappa shape index (κ3) is 7.09. The van der Waals surface area contributed by atoms with Gasteiger partial charge in [-0.15, -0.1) is 11.3 Å². The highest BCUT2D eigenvalue weighted by Gasteiger charge is 2.40. The molecular weight excluding hydrogens is 480 g/mol. The van der Waals surface area contributed by atoms with Crippen LogP contribution in [-0.4, -0.2) is 48.4 Å². The number of amides is 2. The third-order valence-electron chi connectivity index (χ3n) is 6.49. The Labute approximate surface area is 216 Å². The first-order valence-electron chi connectivity index (χ1n) is 11.9. The molecule has 35 heavy (non-hydrogen) atoms. The second-order valence-electron chi connectivity index (χ2n) is 9.33. The molecule has 2 amide bonds. The van der Waals surface area contributed by atoms with Crippen LogP contribution in [0.1, 0.15) is 29.7 Å². The van der Waals surface area contributed by atoms with Gasteiger partial charge in [0.25, 0.3) is 0 Å². The van der Waals surface area contributed by atoms with Crippen LogP contribution in [-0.2, 0) is 22.6 Å². The lowest BCUT2D eigenvalue weighted by atomic mass is 9.77. The second kappa shape index (κ2) is 11.7. The molecule has 2 heterocycles. The van der Waals surface area contributed by atoms with Gasteiger partial charge in [-0.2, -0.15) is 0 Å². The maximum atomic E-state index is 13.4. The summed E-state index contributed by atoms with van der Waals surface area (Å²) in [5.74, 6) is 0.870. The molecule has 5 nitrogen and oxygen atoms in total. The minimum atomic E-state index is -0.453. The zero-order valence-corrected chi connectivity index (χ0v) is 21.6. The first-order chi connectivity index (χ1) is 16.9. The zero-order valence-electron chi connectivity index (χ0n) is 20.0. The van der Waals surface area contributed by atoms with E-state index in [1.165, 1.54) is 0 Å². The van der Waals surface area contributed by atoms with Crippen molar-refractivity contribution in [2.75, 3.05) is 26.7 Å². The van der Waals surface area contributed by atoms with Gasteiger partial charge in [0, 0.05) is 48.4 Å². The second-order valence-corrected chi connectivity index (χ2v) is 10.8. The summed E-state index contributed by atoms with van der Waals surface area (Å²) in [7, 11) is 1.84. The standard InChI is InChI=1S/C28H31ClN2O3S/c1-30(19-22-7-3-2-4-8-22)27(33)18-28(21-34-24-12-10-23(29)11-13-24)14-6-15-31(20-28)26(32)17-25-9-5-16-35-25/h2-5,7-13,16H,6,14-15,17-21H2,1H3. The largest absolute Gasteiger partial charge is 0.493 e. The predicted octanol–water partition coefficient (Wildman–Crippen LogP) is 5.68. The Kier molecular flexibility index (Phi) is 8.47. The van der Waals surface area contributed by atoms with Crippen LogP contribution in [0.25, 0.3) is 0 Å². The van der Waals surface area contributed by atoms with Crippen LogP contribution < -0.4 is 4.74 Å². The highest BCUT2D eigenvalue weighted by Crippen LogP contribution is 2.36. The quantitative estimate of drug-likeness (QED) is 0.372. The molecule has 0 bridgehead atoms. The molecule has 1 aromatic heterocycles. The van der Waals surface area contributed by atoms with Gasteiger partial charge in [0.15, 0.2) is 0 Å². The predicted molar refractivity (Wildman–Crippen MR) is 141 cm³/mol. The fourth-order valence-electron chi connectivity index (χ4n) is 4.58. The summed E-state index contributed by atoms with van der Waals surface area (Å²) in [6, 6.07) is 21.2. The molecule has 1 aliphatic heterocycles. The molecule has 184 valence electrons. The number of piperidine rings is 1. The van der Waals surface area contributed by atoms with E-state index in [1.54, 1.807) is 28.4 Å². The molecule has 0 N–H and O–H groups in total. The van der Waals surface area contributed by atoms with E-state index in [0.717, 1.165) is 23.3 Å². The molecule has 2 aromatic carbocycles. The van der Waals surface area contributed by atoms with Gasteiger partial charge in [0.2, 0.25) is 11.8 Å². The Morgan fingerprint density at radius 3 is 2.57 bits per heavy atom. The van der Waals surface area contributed by atoms with Crippen molar-refractivity contribution in [3.05, 3.63) is 87.6 Å². The number of rotatable bonds is 9. The first-order valence-corrected chi connectivity index (χ1v) is 13.1. The molecule has 1 saturated heterocycles. The van der Waals surface area contributed by atoms with Crippen LogP contribution in [0, 0.1) is 5.41 Å². The Hall–Kier alpha value is -2.83. The molecule has 0 saturated carbocycles. The van der Waals surface area contributed by atoms with Gasteiger partial charge >= 0.3 is 0 Å². The van der Waals surface area contributed by atoms with Crippen LogP contribution in [0.4, 0.5) is 0 Å². The topological polar surface area (TPSA) is 49.9 Å². The molecule has 3 aromatic rings. The lowest BCUT2D eigenvalue weighted by molar-refractivity contribution is -0.140. The van der Waals surface area contributed by atoms with E-state index in [4.69, 9.17) is 16.3 Å². The molecule has 7 heteroatoms. The average Bonchev–Trinajstić information content (AvgIpc) is 3.37. The number of thiophene rings is 1. The van der Waals surface area contributed by atoms with Crippen molar-refractivity contribution in [1.29, 1.82) is 0 Å². The normalized spacial score (nSPS) is 17.7. The molecule has 4 rings (SSSR count). The molecule has 1 unspecified atom stereocenters. The van der Waals surface area contributed by atoms with E-state index in [9.17, 15) is 9.59 Å². The number of likely N-dealkylation sites (tertiary alicyclic amines) is 1. The number of nitrogens with zero attached hydrogens (tertiary/aromatic N) is 2. The Balaban J connectivity index is 1.48. The monoisotopic (exact) mass is 510 g/mol. The maximum Gasteiger partial charge on any atom is 0.227 e. The summed E-state index contributed by atoms with van der Waals surface area (Å²) < 4.78 is 6.17. The van der Waals surface area contributed by atoms with E-state index in [0.29, 0.717) is 49.9 Å². The van der Waals surface area contributed by atoms with Crippen LogP contribution in [0.5, 0.6) is 5.75 Å². The number of benzene rings is 2. The van der Waals surface area contributed by atoms with Gasteiger partial charge in [0.05, 0.1) is 13.0 Å². The van der Waals surface area contributed by atoms with Crippen molar-refractivity contribution in [3.8, 4) is 5.75 Å². The summed E-state index contributed by atoms with van der Waals surface area (Å²) in [6.45, 7) is 2.13. The Bertz CT molecular complexity index is 1110. The minimum absolute atomic E-state index is 0.0566. The molecule has 0 aliphatic carbocycles. The Morgan fingerprint density at radius 2 is 1.86 bits per heavy atom. The van der Waals surface area contributed by atoms with Gasteiger partial charge in [0.1, 0.15) is 5.75 Å². The number of hydrogen-bond acceptors (Lipinski definition) is 4. The zero-order chi connectivity index (χ0) is 24.7. The summed E-state index contributed by atoms with van der Waals surface area (Å²) in [4.78, 5) is 31.2. The van der Waals surface area contributed by atoms with Crippen molar-refractivity contribution >= 4 is 34.8 Å². The van der Waals surface area contributed by atoms with Crippen LogP contribution in [0.2, 0.25) is 5.02 Å². The lowest BCUT2D eigenvalue weighted by Gasteiger charge is -2.43.